The molecule has 0 aliphatic heterocycles. The molecule has 2 rings (SSSR count). The van der Waals surface area contributed by atoms with Crippen molar-refractivity contribution in [2.24, 2.45) is 0 Å². The largest absolute Gasteiger partial charge is 0.459 e. The summed E-state index contributed by atoms with van der Waals surface area (Å²) < 4.78 is 10.8. The van der Waals surface area contributed by atoms with Crippen LogP contribution in [0.2, 0.25) is 0 Å². The van der Waals surface area contributed by atoms with E-state index in [0.717, 1.165) is 16.7 Å². The Morgan fingerprint density at radius 3 is 2.25 bits per heavy atom. The first kappa shape index (κ1) is 33.0. The molecule has 0 aliphatic carbocycles. The Labute approximate surface area is 241 Å². The minimum absolute atomic E-state index is 0.0710. The molecule has 0 saturated carbocycles. The van der Waals surface area contributed by atoms with E-state index in [4.69, 9.17) is 15.2 Å². The highest BCUT2D eigenvalue weighted by Crippen LogP contribution is 2.29. The van der Waals surface area contributed by atoms with Crippen LogP contribution in [0, 0.1) is 13.8 Å². The number of ether oxygens (including phenoxy) is 2. The first-order valence-electron chi connectivity index (χ1n) is 13.4. The highest BCUT2D eigenvalue weighted by atomic mass is 32.2. The SMILES string of the molecule is Cc1cc(C)c(-c2cc(SCCC(=O)NCCCNCC(=O)OC(C)(C)C)nc(N)n2)cc1C(=O)OC(C)(C)C. The van der Waals surface area contributed by atoms with Crippen LogP contribution < -0.4 is 16.4 Å². The van der Waals surface area contributed by atoms with Gasteiger partial charge in [-0.15, -0.1) is 11.8 Å². The third-order valence-corrected chi connectivity index (χ3v) is 6.22. The van der Waals surface area contributed by atoms with E-state index in [-0.39, 0.29) is 24.4 Å². The van der Waals surface area contributed by atoms with Gasteiger partial charge in [0, 0.05) is 24.3 Å². The fourth-order valence-corrected chi connectivity index (χ4v) is 4.53. The Hall–Kier alpha value is -3.18. The molecule has 0 fully saturated rings. The van der Waals surface area contributed by atoms with Gasteiger partial charge in [-0.05, 0) is 91.6 Å². The summed E-state index contributed by atoms with van der Waals surface area (Å²) in [6, 6.07) is 5.52. The lowest BCUT2D eigenvalue weighted by atomic mass is 9.97. The van der Waals surface area contributed by atoms with Crippen molar-refractivity contribution in [2.45, 2.75) is 84.5 Å². The van der Waals surface area contributed by atoms with Crippen LogP contribution in [0.25, 0.3) is 11.3 Å². The molecule has 11 heteroatoms. The van der Waals surface area contributed by atoms with Gasteiger partial charge in [0.1, 0.15) is 16.2 Å². The van der Waals surface area contributed by atoms with E-state index in [1.807, 2.05) is 67.5 Å². The van der Waals surface area contributed by atoms with Gasteiger partial charge in [-0.1, -0.05) is 6.07 Å². The number of carbonyl (C=O) groups is 3. The number of nitrogens with two attached hydrogens (primary N) is 1. The number of carbonyl (C=O) groups excluding carboxylic acids is 3. The van der Waals surface area contributed by atoms with Crippen molar-refractivity contribution in [2.75, 3.05) is 31.1 Å². The maximum atomic E-state index is 12.8. The van der Waals surface area contributed by atoms with E-state index in [2.05, 4.69) is 20.6 Å². The highest BCUT2D eigenvalue weighted by Gasteiger charge is 2.21. The second-order valence-corrected chi connectivity index (χ2v) is 12.6. The molecule has 0 atom stereocenters. The summed E-state index contributed by atoms with van der Waals surface area (Å²) in [6.07, 6.45) is 0.996. The molecule has 0 unspecified atom stereocenters. The molecule has 10 nitrogen and oxygen atoms in total. The number of rotatable bonds is 12. The van der Waals surface area contributed by atoms with Crippen molar-refractivity contribution in [3.05, 3.63) is 34.9 Å². The molecular formula is C29H43N5O5S. The number of aromatic nitrogens is 2. The maximum absolute atomic E-state index is 12.8. The average Bonchev–Trinajstić information content (AvgIpc) is 2.78. The van der Waals surface area contributed by atoms with Crippen molar-refractivity contribution in [1.82, 2.24) is 20.6 Å². The number of hydrogen-bond acceptors (Lipinski definition) is 10. The number of anilines is 1. The Bertz CT molecular complexity index is 1200. The molecule has 1 amide bonds. The van der Waals surface area contributed by atoms with Gasteiger partial charge >= 0.3 is 11.9 Å². The second kappa shape index (κ2) is 14.5. The summed E-state index contributed by atoms with van der Waals surface area (Å²) in [7, 11) is 0. The fraction of sp³-hybridized carbons (Fsp3) is 0.552. The van der Waals surface area contributed by atoms with Gasteiger partial charge in [0.2, 0.25) is 11.9 Å². The zero-order valence-corrected chi connectivity index (χ0v) is 25.7. The lowest BCUT2D eigenvalue weighted by Crippen LogP contribution is -2.33. The van der Waals surface area contributed by atoms with E-state index >= 15 is 0 Å². The Kier molecular flexibility index (Phi) is 11.9. The summed E-state index contributed by atoms with van der Waals surface area (Å²) in [4.78, 5) is 45.4. The predicted molar refractivity (Wildman–Crippen MR) is 158 cm³/mol. The molecule has 1 aromatic heterocycles. The first-order chi connectivity index (χ1) is 18.5. The third kappa shape index (κ3) is 11.9. The quantitative estimate of drug-likeness (QED) is 0.146. The zero-order chi connectivity index (χ0) is 30.1. The monoisotopic (exact) mass is 573 g/mol. The number of nitrogens with zero attached hydrogens (tertiary/aromatic N) is 2. The van der Waals surface area contributed by atoms with Crippen LogP contribution in [0.15, 0.2) is 23.2 Å². The lowest BCUT2D eigenvalue weighted by Gasteiger charge is -2.21. The minimum atomic E-state index is -0.608. The number of aryl methyl sites for hydroxylation is 2. The lowest BCUT2D eigenvalue weighted by molar-refractivity contribution is -0.153. The standard InChI is InChI=1S/C29H43N5O5S/c1-18-14-19(2)21(26(37)39-29(6,7)8)15-20(18)22-16-24(34-27(30)33-22)40-13-10-23(35)32-12-9-11-31-17-25(36)38-28(3,4)5/h14-16,31H,9-13,17H2,1-8H3,(H,32,35)(H2,30,33,34). The molecule has 1 heterocycles. The van der Waals surface area contributed by atoms with E-state index in [0.29, 0.717) is 48.0 Å². The number of amides is 1. The summed E-state index contributed by atoms with van der Waals surface area (Å²) in [5, 5.41) is 6.53. The van der Waals surface area contributed by atoms with E-state index < -0.39 is 17.2 Å². The number of nitrogen functional groups attached to an aromatic ring is 1. The third-order valence-electron chi connectivity index (χ3n) is 5.31. The minimum Gasteiger partial charge on any atom is -0.459 e. The van der Waals surface area contributed by atoms with E-state index in [1.165, 1.54) is 11.8 Å². The van der Waals surface area contributed by atoms with Crippen molar-refractivity contribution in [3.63, 3.8) is 0 Å². The predicted octanol–water partition coefficient (Wildman–Crippen LogP) is 4.22. The van der Waals surface area contributed by atoms with Crippen LogP contribution in [-0.4, -0.2) is 64.4 Å². The second-order valence-electron chi connectivity index (χ2n) is 11.5. The molecule has 4 N–H and O–H groups in total. The molecule has 0 spiro atoms. The maximum Gasteiger partial charge on any atom is 0.338 e. The van der Waals surface area contributed by atoms with Crippen LogP contribution in [-0.2, 0) is 19.1 Å². The van der Waals surface area contributed by atoms with Crippen molar-refractivity contribution in [3.8, 4) is 11.3 Å². The van der Waals surface area contributed by atoms with Crippen molar-refractivity contribution in [1.29, 1.82) is 0 Å². The van der Waals surface area contributed by atoms with Gasteiger partial charge in [0.05, 0.1) is 17.8 Å². The summed E-state index contributed by atoms with van der Waals surface area (Å²) in [5.74, 6) is -0.148. The van der Waals surface area contributed by atoms with E-state index in [1.54, 1.807) is 6.07 Å². The Morgan fingerprint density at radius 2 is 1.60 bits per heavy atom. The molecule has 2 aromatic rings. The summed E-state index contributed by atoms with van der Waals surface area (Å²) >= 11 is 1.41. The molecular weight excluding hydrogens is 530 g/mol. The molecule has 40 heavy (non-hydrogen) atoms. The van der Waals surface area contributed by atoms with Gasteiger partial charge < -0.3 is 25.8 Å². The fourth-order valence-electron chi connectivity index (χ4n) is 3.68. The van der Waals surface area contributed by atoms with Gasteiger partial charge in [0.25, 0.3) is 0 Å². The van der Waals surface area contributed by atoms with Gasteiger partial charge in [-0.2, -0.15) is 0 Å². The number of esters is 2. The van der Waals surface area contributed by atoms with Crippen LogP contribution in [0.3, 0.4) is 0 Å². The molecule has 0 radical (unpaired) electrons. The molecule has 0 bridgehead atoms. The highest BCUT2D eigenvalue weighted by molar-refractivity contribution is 7.99. The van der Waals surface area contributed by atoms with Gasteiger partial charge in [-0.25, -0.2) is 14.8 Å². The van der Waals surface area contributed by atoms with Crippen LogP contribution >= 0.6 is 11.8 Å². The van der Waals surface area contributed by atoms with Crippen LogP contribution in [0.5, 0.6) is 0 Å². The first-order valence-corrected chi connectivity index (χ1v) is 14.3. The Balaban J connectivity index is 1.89. The van der Waals surface area contributed by atoms with Crippen LogP contribution in [0.4, 0.5) is 5.95 Å². The van der Waals surface area contributed by atoms with Gasteiger partial charge in [-0.3, -0.25) is 9.59 Å². The van der Waals surface area contributed by atoms with Crippen LogP contribution in [0.1, 0.15) is 75.9 Å². The summed E-state index contributed by atoms with van der Waals surface area (Å²) in [6.45, 7) is 16.0. The number of hydrogen-bond donors (Lipinski definition) is 3. The molecule has 0 saturated heterocycles. The zero-order valence-electron chi connectivity index (χ0n) is 24.9. The molecule has 220 valence electrons. The number of benzene rings is 1. The van der Waals surface area contributed by atoms with E-state index in [9.17, 15) is 14.4 Å². The average molecular weight is 574 g/mol. The normalized spacial score (nSPS) is 11.7. The van der Waals surface area contributed by atoms with Gasteiger partial charge in [0.15, 0.2) is 0 Å². The van der Waals surface area contributed by atoms with Crippen molar-refractivity contribution < 1.29 is 23.9 Å². The smallest absolute Gasteiger partial charge is 0.338 e. The summed E-state index contributed by atoms with van der Waals surface area (Å²) in [5.41, 5.74) is 8.48. The number of thioether (sulfide) groups is 1. The number of nitrogens with one attached hydrogen (secondary N) is 2. The molecule has 1 aromatic carbocycles. The molecule has 0 aliphatic rings. The topological polar surface area (TPSA) is 146 Å². The van der Waals surface area contributed by atoms with Crippen molar-refractivity contribution >= 4 is 35.6 Å². The Morgan fingerprint density at radius 1 is 0.925 bits per heavy atom.